The van der Waals surface area contributed by atoms with Crippen LogP contribution in [0.25, 0.3) is 11.0 Å². The van der Waals surface area contributed by atoms with Gasteiger partial charge in [0.15, 0.2) is 6.04 Å². The normalized spacial score (nSPS) is 12.0. The Bertz CT molecular complexity index is 1360. The van der Waals surface area contributed by atoms with E-state index in [9.17, 15) is 9.59 Å². The molecule has 1 aromatic carbocycles. The van der Waals surface area contributed by atoms with Gasteiger partial charge in [-0.3, -0.25) is 9.59 Å². The minimum atomic E-state index is -0.977. The van der Waals surface area contributed by atoms with Gasteiger partial charge >= 0.3 is 0 Å². The molecule has 0 aliphatic heterocycles. The molecular weight excluding hydrogens is 454 g/mol. The van der Waals surface area contributed by atoms with Crippen molar-refractivity contribution in [2.45, 2.75) is 25.7 Å². The van der Waals surface area contributed by atoms with E-state index in [1.54, 1.807) is 35.2 Å². The maximum atomic E-state index is 13.7. The molecule has 10 heteroatoms. The van der Waals surface area contributed by atoms with E-state index in [-0.39, 0.29) is 31.4 Å². The Morgan fingerprint density at radius 3 is 2.65 bits per heavy atom. The lowest BCUT2D eigenvalue weighted by Crippen LogP contribution is -2.44. The fourth-order valence-electron chi connectivity index (χ4n) is 3.70. The van der Waals surface area contributed by atoms with Crippen LogP contribution in [0, 0.1) is 0 Å². The van der Waals surface area contributed by atoms with Gasteiger partial charge in [-0.15, -0.1) is 16.4 Å². The van der Waals surface area contributed by atoms with Gasteiger partial charge in [0.2, 0.25) is 5.91 Å². The second kappa shape index (κ2) is 9.75. The zero-order valence-electron chi connectivity index (χ0n) is 18.0. The average molecular weight is 476 g/mol. The number of carbonyl (C=O) groups is 2. The Hall–Kier alpha value is -4.18. The second-order valence-corrected chi connectivity index (χ2v) is 8.58. The number of rotatable bonds is 9. The van der Waals surface area contributed by atoms with E-state index in [2.05, 4.69) is 15.6 Å². The van der Waals surface area contributed by atoms with Crippen LogP contribution < -0.4 is 5.32 Å². The summed E-state index contributed by atoms with van der Waals surface area (Å²) in [5.41, 5.74) is 1.43. The fraction of sp³-hybridized carbons (Fsp3) is 0.167. The first kappa shape index (κ1) is 21.7. The van der Waals surface area contributed by atoms with Gasteiger partial charge in [-0.25, -0.2) is 4.68 Å². The largest absolute Gasteiger partial charge is 0.467 e. The number of aromatic nitrogens is 3. The van der Waals surface area contributed by atoms with E-state index in [0.29, 0.717) is 17.0 Å². The molecule has 0 bridgehead atoms. The lowest BCUT2D eigenvalue weighted by molar-refractivity contribution is -0.143. The highest BCUT2D eigenvalue weighted by Crippen LogP contribution is 2.26. The maximum Gasteiger partial charge on any atom is 0.251 e. The molecule has 0 fully saturated rings. The first-order valence-corrected chi connectivity index (χ1v) is 11.5. The van der Waals surface area contributed by atoms with E-state index < -0.39 is 6.04 Å². The van der Waals surface area contributed by atoms with Crippen molar-refractivity contribution < 1.29 is 18.4 Å². The number of amides is 2. The first-order valence-electron chi connectivity index (χ1n) is 10.6. The third-order valence-corrected chi connectivity index (χ3v) is 6.18. The molecule has 4 heterocycles. The molecular formula is C24H21N5O4S. The molecule has 5 rings (SSSR count). The van der Waals surface area contributed by atoms with Crippen LogP contribution in [0.3, 0.4) is 0 Å². The Labute approximate surface area is 198 Å². The van der Waals surface area contributed by atoms with Gasteiger partial charge in [-0.05, 0) is 47.8 Å². The van der Waals surface area contributed by atoms with Gasteiger partial charge in [0, 0.05) is 4.88 Å². The zero-order valence-corrected chi connectivity index (χ0v) is 18.9. The number of nitrogens with one attached hydrogen (secondary N) is 1. The van der Waals surface area contributed by atoms with Crippen molar-refractivity contribution in [3.63, 3.8) is 0 Å². The van der Waals surface area contributed by atoms with E-state index in [1.807, 2.05) is 41.8 Å². The van der Waals surface area contributed by atoms with Gasteiger partial charge in [-0.2, -0.15) is 0 Å². The van der Waals surface area contributed by atoms with Crippen molar-refractivity contribution in [3.05, 3.63) is 95.0 Å². The third kappa shape index (κ3) is 4.62. The van der Waals surface area contributed by atoms with E-state index >= 15 is 0 Å². The highest BCUT2D eigenvalue weighted by atomic mass is 32.1. The topological polar surface area (TPSA) is 106 Å². The maximum absolute atomic E-state index is 13.7. The Morgan fingerprint density at radius 2 is 1.88 bits per heavy atom. The van der Waals surface area contributed by atoms with Crippen LogP contribution in [0.4, 0.5) is 0 Å². The molecule has 1 N–H and O–H groups in total. The number of para-hydroxylation sites is 1. The predicted molar refractivity (Wildman–Crippen MR) is 124 cm³/mol. The summed E-state index contributed by atoms with van der Waals surface area (Å²) >= 11 is 1.51. The number of fused-ring (bicyclic) bond motifs is 1. The number of furan rings is 2. The molecule has 1 atom stereocenters. The van der Waals surface area contributed by atoms with Gasteiger partial charge < -0.3 is 19.1 Å². The summed E-state index contributed by atoms with van der Waals surface area (Å²) in [5, 5.41) is 13.1. The molecule has 0 spiro atoms. The molecule has 0 radical (unpaired) electrons. The van der Waals surface area contributed by atoms with Crippen LogP contribution in [-0.2, 0) is 29.2 Å². The van der Waals surface area contributed by atoms with E-state index in [1.165, 1.54) is 22.5 Å². The lowest BCUT2D eigenvalue weighted by atomic mass is 10.1. The molecule has 0 aliphatic carbocycles. The molecule has 0 unspecified atom stereocenters. The van der Waals surface area contributed by atoms with Gasteiger partial charge in [0.1, 0.15) is 23.6 Å². The Kier molecular flexibility index (Phi) is 6.21. The predicted octanol–water partition coefficient (Wildman–Crippen LogP) is 3.77. The van der Waals surface area contributed by atoms with Crippen LogP contribution in [0.15, 0.2) is 87.4 Å². The third-order valence-electron chi connectivity index (χ3n) is 5.32. The van der Waals surface area contributed by atoms with Gasteiger partial charge in [0.05, 0.1) is 31.1 Å². The second-order valence-electron chi connectivity index (χ2n) is 7.55. The van der Waals surface area contributed by atoms with Crippen LogP contribution in [0.2, 0.25) is 0 Å². The smallest absolute Gasteiger partial charge is 0.251 e. The monoisotopic (exact) mass is 475 g/mol. The van der Waals surface area contributed by atoms with Crippen molar-refractivity contribution in [1.29, 1.82) is 0 Å². The summed E-state index contributed by atoms with van der Waals surface area (Å²) in [6, 6.07) is 17.2. The lowest BCUT2D eigenvalue weighted by Gasteiger charge is -2.29. The molecule has 5 aromatic rings. The molecule has 0 aliphatic rings. The number of hydrogen-bond donors (Lipinski definition) is 1. The molecule has 34 heavy (non-hydrogen) atoms. The summed E-state index contributed by atoms with van der Waals surface area (Å²) in [6.45, 7) is 0.356. The summed E-state index contributed by atoms with van der Waals surface area (Å²) in [5.74, 6) is 0.306. The summed E-state index contributed by atoms with van der Waals surface area (Å²) in [4.78, 5) is 29.5. The summed E-state index contributed by atoms with van der Waals surface area (Å²) < 4.78 is 12.5. The van der Waals surface area contributed by atoms with Gasteiger partial charge in [0.25, 0.3) is 5.91 Å². The highest BCUT2D eigenvalue weighted by Gasteiger charge is 2.34. The number of carbonyl (C=O) groups excluding carboxylic acids is 2. The van der Waals surface area contributed by atoms with Crippen molar-refractivity contribution in [3.8, 4) is 0 Å². The Balaban J connectivity index is 1.45. The standard InChI is InChI=1S/C24H21N5O4S/c30-22(16-29-20-9-2-1-8-19(20)26-27-29)28(15-18-7-5-13-34-18)23(21-10-4-12-33-21)24(31)25-14-17-6-3-11-32-17/h1-13,23H,14-16H2,(H,25,31)/t23-/m0/s1. The SMILES string of the molecule is O=C(NCc1ccco1)[C@H](c1ccco1)N(Cc1cccs1)C(=O)Cn1nnc2ccccc21. The fourth-order valence-corrected chi connectivity index (χ4v) is 4.40. The summed E-state index contributed by atoms with van der Waals surface area (Å²) in [6.07, 6.45) is 3.03. The average Bonchev–Trinajstić information content (AvgIpc) is 3.66. The van der Waals surface area contributed by atoms with Crippen LogP contribution in [-0.4, -0.2) is 31.7 Å². The molecule has 0 saturated heterocycles. The number of benzene rings is 1. The molecule has 172 valence electrons. The Morgan fingerprint density at radius 1 is 1.03 bits per heavy atom. The zero-order chi connectivity index (χ0) is 23.3. The number of hydrogen-bond acceptors (Lipinski definition) is 7. The van der Waals surface area contributed by atoms with Gasteiger partial charge in [-0.1, -0.05) is 23.4 Å². The highest BCUT2D eigenvalue weighted by molar-refractivity contribution is 7.09. The minimum Gasteiger partial charge on any atom is -0.467 e. The van der Waals surface area contributed by atoms with Crippen molar-refractivity contribution >= 4 is 34.2 Å². The minimum absolute atomic E-state index is 0.0748. The summed E-state index contributed by atoms with van der Waals surface area (Å²) in [7, 11) is 0. The van der Waals surface area contributed by atoms with Crippen molar-refractivity contribution in [1.82, 2.24) is 25.2 Å². The quantitative estimate of drug-likeness (QED) is 0.348. The van der Waals surface area contributed by atoms with E-state index in [0.717, 1.165) is 10.4 Å². The number of nitrogens with zero attached hydrogens (tertiary/aromatic N) is 4. The van der Waals surface area contributed by atoms with Crippen LogP contribution in [0.1, 0.15) is 22.4 Å². The van der Waals surface area contributed by atoms with Crippen LogP contribution >= 0.6 is 11.3 Å². The molecule has 0 saturated carbocycles. The molecule has 2 amide bonds. The first-order chi connectivity index (χ1) is 16.7. The van der Waals surface area contributed by atoms with E-state index in [4.69, 9.17) is 8.83 Å². The molecule has 9 nitrogen and oxygen atoms in total. The molecule has 4 aromatic heterocycles. The number of thiophene rings is 1. The van der Waals surface area contributed by atoms with Crippen molar-refractivity contribution in [2.24, 2.45) is 0 Å². The van der Waals surface area contributed by atoms with Crippen LogP contribution in [0.5, 0.6) is 0 Å². The van der Waals surface area contributed by atoms with Crippen molar-refractivity contribution in [2.75, 3.05) is 0 Å².